The van der Waals surface area contributed by atoms with Crippen molar-refractivity contribution in [1.29, 1.82) is 0 Å². The summed E-state index contributed by atoms with van der Waals surface area (Å²) in [6.45, 7) is 7.60. The van der Waals surface area contributed by atoms with Crippen LogP contribution in [0.1, 0.15) is 42.1 Å². The Morgan fingerprint density at radius 1 is 1.33 bits per heavy atom. The molecule has 0 aliphatic heterocycles. The van der Waals surface area contributed by atoms with Gasteiger partial charge in [0.25, 0.3) is 5.91 Å². The van der Waals surface area contributed by atoms with Crippen LogP contribution in [0.5, 0.6) is 0 Å². The molecule has 0 saturated heterocycles. The molecule has 0 spiro atoms. The van der Waals surface area contributed by atoms with Crippen LogP contribution in [0.4, 0.5) is 0 Å². The third-order valence-corrected chi connectivity index (χ3v) is 2.94. The summed E-state index contributed by atoms with van der Waals surface area (Å²) in [6, 6.07) is 0. The molecule has 0 aromatic carbocycles. The summed E-state index contributed by atoms with van der Waals surface area (Å²) < 4.78 is 3.79. The fourth-order valence-electron chi connectivity index (χ4n) is 1.43. The van der Waals surface area contributed by atoms with E-state index >= 15 is 0 Å². The van der Waals surface area contributed by atoms with Crippen LogP contribution in [0.25, 0.3) is 0 Å². The van der Waals surface area contributed by atoms with Gasteiger partial charge in [0, 0.05) is 13.1 Å². The van der Waals surface area contributed by atoms with E-state index < -0.39 is 0 Å². The van der Waals surface area contributed by atoms with E-state index in [0.717, 1.165) is 31.6 Å². The molecule has 0 radical (unpaired) electrons. The molecule has 15 heavy (non-hydrogen) atoms. The molecule has 0 aliphatic carbocycles. The minimum atomic E-state index is 0.0752. The van der Waals surface area contributed by atoms with Crippen LogP contribution in [-0.4, -0.2) is 33.5 Å². The first-order valence-corrected chi connectivity index (χ1v) is 6.06. The average molecular weight is 227 g/mol. The topological polar surface area (TPSA) is 46.1 Å². The highest BCUT2D eigenvalue weighted by molar-refractivity contribution is 7.07. The van der Waals surface area contributed by atoms with E-state index in [0.29, 0.717) is 4.88 Å². The second-order valence-electron chi connectivity index (χ2n) is 3.48. The molecular formula is C10H17N3OS. The van der Waals surface area contributed by atoms with Gasteiger partial charge in [-0.1, -0.05) is 18.3 Å². The Bertz CT molecular complexity index is 318. The van der Waals surface area contributed by atoms with E-state index in [2.05, 4.69) is 23.4 Å². The van der Waals surface area contributed by atoms with Gasteiger partial charge in [-0.15, -0.1) is 5.10 Å². The van der Waals surface area contributed by atoms with E-state index in [-0.39, 0.29) is 5.91 Å². The molecular weight excluding hydrogens is 210 g/mol. The zero-order valence-corrected chi connectivity index (χ0v) is 10.3. The predicted octanol–water partition coefficient (Wildman–Crippen LogP) is 2.11. The normalized spacial score (nSPS) is 10.3. The number of nitrogens with zero attached hydrogens (tertiary/aromatic N) is 3. The maximum absolute atomic E-state index is 12.1. The smallest absolute Gasteiger partial charge is 0.267 e. The minimum absolute atomic E-state index is 0.0752. The lowest BCUT2D eigenvalue weighted by atomic mass is 10.3. The van der Waals surface area contributed by atoms with Crippen LogP contribution in [0.15, 0.2) is 0 Å². The molecule has 4 nitrogen and oxygen atoms in total. The number of rotatable bonds is 5. The Morgan fingerprint density at radius 2 is 1.93 bits per heavy atom. The van der Waals surface area contributed by atoms with Crippen LogP contribution in [-0.2, 0) is 0 Å². The number of carbonyl (C=O) groups is 1. The largest absolute Gasteiger partial charge is 0.338 e. The van der Waals surface area contributed by atoms with E-state index in [1.54, 1.807) is 0 Å². The SMILES string of the molecule is CCCN(CCC)C(=O)c1snnc1C. The zero-order chi connectivity index (χ0) is 11.3. The van der Waals surface area contributed by atoms with Crippen LogP contribution < -0.4 is 0 Å². The molecule has 5 heteroatoms. The summed E-state index contributed by atoms with van der Waals surface area (Å²) in [4.78, 5) is 14.6. The van der Waals surface area contributed by atoms with Crippen molar-refractivity contribution in [2.24, 2.45) is 0 Å². The zero-order valence-electron chi connectivity index (χ0n) is 9.49. The summed E-state index contributed by atoms with van der Waals surface area (Å²) in [7, 11) is 0. The number of hydrogen-bond acceptors (Lipinski definition) is 4. The van der Waals surface area contributed by atoms with Crippen LogP contribution in [0, 0.1) is 6.92 Å². The van der Waals surface area contributed by atoms with E-state index in [9.17, 15) is 4.79 Å². The van der Waals surface area contributed by atoms with Gasteiger partial charge in [0.05, 0.1) is 5.69 Å². The molecule has 1 heterocycles. The van der Waals surface area contributed by atoms with Crippen LogP contribution in [0.2, 0.25) is 0 Å². The number of amides is 1. The van der Waals surface area contributed by atoms with Crippen molar-refractivity contribution in [3.05, 3.63) is 10.6 Å². The summed E-state index contributed by atoms with van der Waals surface area (Å²) in [5.74, 6) is 0.0752. The van der Waals surface area contributed by atoms with Crippen molar-refractivity contribution in [2.45, 2.75) is 33.6 Å². The maximum atomic E-state index is 12.1. The standard InChI is InChI=1S/C10H17N3OS/c1-4-6-13(7-5-2)10(14)9-8(3)11-12-15-9/h4-7H2,1-3H3. The average Bonchev–Trinajstić information content (AvgIpc) is 2.63. The molecule has 0 aliphatic rings. The highest BCUT2D eigenvalue weighted by Gasteiger charge is 2.18. The van der Waals surface area contributed by atoms with Gasteiger partial charge in [0.2, 0.25) is 0 Å². The van der Waals surface area contributed by atoms with Gasteiger partial charge in [-0.05, 0) is 31.3 Å². The lowest BCUT2D eigenvalue weighted by Crippen LogP contribution is -2.32. The third kappa shape index (κ3) is 2.99. The van der Waals surface area contributed by atoms with Crippen molar-refractivity contribution in [1.82, 2.24) is 14.5 Å². The van der Waals surface area contributed by atoms with Crippen molar-refractivity contribution < 1.29 is 4.79 Å². The van der Waals surface area contributed by atoms with Crippen molar-refractivity contribution in [2.75, 3.05) is 13.1 Å². The van der Waals surface area contributed by atoms with Gasteiger partial charge >= 0.3 is 0 Å². The molecule has 1 amide bonds. The quantitative estimate of drug-likeness (QED) is 0.774. The van der Waals surface area contributed by atoms with Gasteiger partial charge < -0.3 is 4.90 Å². The number of aromatic nitrogens is 2. The Labute approximate surface area is 94.5 Å². The lowest BCUT2D eigenvalue weighted by Gasteiger charge is -2.20. The highest BCUT2D eigenvalue weighted by Crippen LogP contribution is 2.13. The Hall–Kier alpha value is -0.970. The van der Waals surface area contributed by atoms with Crippen LogP contribution >= 0.6 is 11.5 Å². The Morgan fingerprint density at radius 3 is 2.33 bits per heavy atom. The third-order valence-electron chi connectivity index (χ3n) is 2.12. The summed E-state index contributed by atoms with van der Waals surface area (Å²) in [5.41, 5.74) is 0.738. The Balaban J connectivity index is 2.76. The fraction of sp³-hybridized carbons (Fsp3) is 0.700. The second kappa shape index (κ2) is 5.80. The molecule has 84 valence electrons. The maximum Gasteiger partial charge on any atom is 0.267 e. The number of carbonyl (C=O) groups excluding carboxylic acids is 1. The first-order chi connectivity index (χ1) is 7.20. The Kier molecular flexibility index (Phi) is 4.68. The number of hydrogen-bond donors (Lipinski definition) is 0. The molecule has 1 aromatic heterocycles. The molecule has 1 aromatic rings. The van der Waals surface area contributed by atoms with E-state index in [4.69, 9.17) is 0 Å². The molecule has 0 fully saturated rings. The van der Waals surface area contributed by atoms with E-state index in [1.165, 1.54) is 11.5 Å². The van der Waals surface area contributed by atoms with Crippen molar-refractivity contribution >= 4 is 17.4 Å². The number of aryl methyl sites for hydroxylation is 1. The summed E-state index contributed by atoms with van der Waals surface area (Å²) >= 11 is 1.19. The van der Waals surface area contributed by atoms with Gasteiger partial charge in [0.15, 0.2) is 0 Å². The van der Waals surface area contributed by atoms with Gasteiger partial charge in [-0.2, -0.15) is 0 Å². The first kappa shape index (κ1) is 12.1. The minimum Gasteiger partial charge on any atom is -0.338 e. The monoisotopic (exact) mass is 227 g/mol. The fourth-order valence-corrected chi connectivity index (χ4v) is 2.05. The molecule has 0 bridgehead atoms. The molecule has 0 N–H and O–H groups in total. The van der Waals surface area contributed by atoms with E-state index in [1.807, 2.05) is 11.8 Å². The summed E-state index contributed by atoms with van der Waals surface area (Å²) in [5, 5.41) is 3.86. The first-order valence-electron chi connectivity index (χ1n) is 5.28. The van der Waals surface area contributed by atoms with Gasteiger partial charge in [-0.25, -0.2) is 0 Å². The summed E-state index contributed by atoms with van der Waals surface area (Å²) in [6.07, 6.45) is 1.97. The predicted molar refractivity (Wildman–Crippen MR) is 61.1 cm³/mol. The molecule has 0 saturated carbocycles. The van der Waals surface area contributed by atoms with Crippen molar-refractivity contribution in [3.63, 3.8) is 0 Å². The van der Waals surface area contributed by atoms with Crippen LogP contribution in [0.3, 0.4) is 0 Å². The highest BCUT2D eigenvalue weighted by atomic mass is 32.1. The lowest BCUT2D eigenvalue weighted by molar-refractivity contribution is 0.0759. The van der Waals surface area contributed by atoms with Gasteiger partial charge in [-0.3, -0.25) is 4.79 Å². The second-order valence-corrected chi connectivity index (χ2v) is 4.23. The van der Waals surface area contributed by atoms with Gasteiger partial charge in [0.1, 0.15) is 4.88 Å². The molecule has 1 rings (SSSR count). The molecule has 0 unspecified atom stereocenters. The molecule has 0 atom stereocenters. The van der Waals surface area contributed by atoms with Crippen molar-refractivity contribution in [3.8, 4) is 0 Å².